The third-order valence-corrected chi connectivity index (χ3v) is 3.88. The lowest BCUT2D eigenvalue weighted by Crippen LogP contribution is -2.58. The first kappa shape index (κ1) is 19.2. The number of aliphatic hydroxyl groups is 1. The van der Waals surface area contributed by atoms with Crippen LogP contribution in [0.3, 0.4) is 0 Å². The van der Waals surface area contributed by atoms with Gasteiger partial charge in [-0.15, -0.1) is 0 Å². The van der Waals surface area contributed by atoms with E-state index in [1.165, 1.54) is 19.4 Å². The number of carboxylic acids is 1. The van der Waals surface area contributed by atoms with Gasteiger partial charge in [0.05, 0.1) is 18.7 Å². The number of carboxylic acid groups (broad SMARTS) is 1. The Kier molecular flexibility index (Phi) is 6.11. The third kappa shape index (κ3) is 4.27. The Labute approximate surface area is 150 Å². The first-order chi connectivity index (χ1) is 12.4. The molecule has 26 heavy (non-hydrogen) atoms. The largest absolute Gasteiger partial charge is 0.497 e. The maximum Gasteiger partial charge on any atom is 0.337 e. The standard InChI is InChI=1S/C18H19N3O5/c1-25-14-6-7-21-13(8-14)9-18(24,17(22)23)16(20)11-26-15-5-3-2-4-12(15)10-19/h2-8,16,24H,9,11,20H2,1H3,(H,22,23)/t16-,18+/m0/s1. The number of para-hydroxylation sites is 1. The van der Waals surface area contributed by atoms with Gasteiger partial charge in [-0.2, -0.15) is 5.26 Å². The maximum absolute atomic E-state index is 11.7. The molecule has 0 aliphatic heterocycles. The monoisotopic (exact) mass is 357 g/mol. The topological polar surface area (TPSA) is 139 Å². The number of aliphatic carboxylic acids is 1. The van der Waals surface area contributed by atoms with Gasteiger partial charge in [0, 0.05) is 24.4 Å². The molecule has 2 atom stereocenters. The average molecular weight is 357 g/mol. The zero-order valence-electron chi connectivity index (χ0n) is 14.1. The van der Waals surface area contributed by atoms with E-state index in [1.807, 2.05) is 6.07 Å². The zero-order valence-corrected chi connectivity index (χ0v) is 14.1. The zero-order chi connectivity index (χ0) is 19.2. The van der Waals surface area contributed by atoms with Crippen molar-refractivity contribution in [1.82, 2.24) is 4.98 Å². The predicted molar refractivity (Wildman–Crippen MR) is 91.7 cm³/mol. The molecule has 0 unspecified atom stereocenters. The molecule has 0 saturated carbocycles. The second-order valence-electron chi connectivity index (χ2n) is 5.62. The summed E-state index contributed by atoms with van der Waals surface area (Å²) in [4.78, 5) is 15.7. The molecule has 0 amide bonds. The third-order valence-electron chi connectivity index (χ3n) is 3.88. The highest BCUT2D eigenvalue weighted by atomic mass is 16.5. The van der Waals surface area contributed by atoms with Gasteiger partial charge in [0.2, 0.25) is 0 Å². The highest BCUT2D eigenvalue weighted by molar-refractivity contribution is 5.78. The van der Waals surface area contributed by atoms with Gasteiger partial charge in [0.1, 0.15) is 24.2 Å². The van der Waals surface area contributed by atoms with E-state index in [4.69, 9.17) is 20.5 Å². The lowest BCUT2D eigenvalue weighted by atomic mass is 9.89. The quantitative estimate of drug-likeness (QED) is 0.628. The highest BCUT2D eigenvalue weighted by Gasteiger charge is 2.43. The molecule has 0 radical (unpaired) electrons. The van der Waals surface area contributed by atoms with Gasteiger partial charge in [-0.25, -0.2) is 4.79 Å². The van der Waals surface area contributed by atoms with Crippen LogP contribution in [0.15, 0.2) is 42.6 Å². The minimum Gasteiger partial charge on any atom is -0.497 e. The van der Waals surface area contributed by atoms with Crippen molar-refractivity contribution in [3.8, 4) is 17.6 Å². The van der Waals surface area contributed by atoms with E-state index in [2.05, 4.69) is 4.98 Å². The fourth-order valence-electron chi connectivity index (χ4n) is 2.32. The van der Waals surface area contributed by atoms with Gasteiger partial charge in [0.25, 0.3) is 0 Å². The summed E-state index contributed by atoms with van der Waals surface area (Å²) in [5, 5.41) is 29.2. The van der Waals surface area contributed by atoms with Gasteiger partial charge in [-0.3, -0.25) is 4.98 Å². The molecule has 0 spiro atoms. The number of nitrogens with zero attached hydrogens (tertiary/aromatic N) is 2. The van der Waals surface area contributed by atoms with Crippen molar-refractivity contribution < 1.29 is 24.5 Å². The number of carbonyl (C=O) groups is 1. The molecule has 0 fully saturated rings. The molecule has 1 aromatic heterocycles. The molecule has 2 rings (SSSR count). The molecule has 8 heteroatoms. The molecule has 8 nitrogen and oxygen atoms in total. The van der Waals surface area contributed by atoms with E-state index in [1.54, 1.807) is 30.3 Å². The first-order valence-corrected chi connectivity index (χ1v) is 7.73. The van der Waals surface area contributed by atoms with Crippen molar-refractivity contribution in [2.45, 2.75) is 18.1 Å². The number of pyridine rings is 1. The van der Waals surface area contributed by atoms with Crippen LogP contribution in [-0.4, -0.2) is 46.5 Å². The summed E-state index contributed by atoms with van der Waals surface area (Å²) in [5.41, 5.74) is 4.20. The van der Waals surface area contributed by atoms with Gasteiger partial charge < -0.3 is 25.4 Å². The SMILES string of the molecule is COc1ccnc(C[C@](O)(C(=O)O)[C@@H](N)COc2ccccc2C#N)c1. The minimum atomic E-state index is -2.30. The number of hydrogen-bond acceptors (Lipinski definition) is 7. The Morgan fingerprint density at radius 3 is 2.81 bits per heavy atom. The summed E-state index contributed by atoms with van der Waals surface area (Å²) < 4.78 is 10.5. The minimum absolute atomic E-state index is 0.262. The van der Waals surface area contributed by atoms with Crippen molar-refractivity contribution in [3.63, 3.8) is 0 Å². The van der Waals surface area contributed by atoms with Crippen LogP contribution in [0.5, 0.6) is 11.5 Å². The molecular weight excluding hydrogens is 338 g/mol. The normalized spacial score (nSPS) is 13.9. The maximum atomic E-state index is 11.7. The number of nitrogens with two attached hydrogens (primary N) is 1. The first-order valence-electron chi connectivity index (χ1n) is 7.73. The molecule has 1 aromatic carbocycles. The highest BCUT2D eigenvalue weighted by Crippen LogP contribution is 2.22. The number of nitriles is 1. The number of aromatic nitrogens is 1. The predicted octanol–water partition coefficient (Wildman–Crippen LogP) is 0.726. The summed E-state index contributed by atoms with van der Waals surface area (Å²) in [6.07, 6.45) is 1.12. The van der Waals surface area contributed by atoms with E-state index in [0.717, 1.165) is 0 Å². The molecule has 0 aliphatic carbocycles. The van der Waals surface area contributed by atoms with Crippen LogP contribution in [0.4, 0.5) is 0 Å². The Hall–Kier alpha value is -3.15. The fraction of sp³-hybridized carbons (Fsp3) is 0.278. The second-order valence-corrected chi connectivity index (χ2v) is 5.62. The number of methoxy groups -OCH3 is 1. The number of benzene rings is 1. The summed E-state index contributed by atoms with van der Waals surface area (Å²) in [5.74, 6) is -0.750. The molecule has 136 valence electrons. The molecule has 4 N–H and O–H groups in total. The van der Waals surface area contributed by atoms with Crippen LogP contribution in [0, 0.1) is 11.3 Å². The lowest BCUT2D eigenvalue weighted by Gasteiger charge is -2.29. The van der Waals surface area contributed by atoms with Crippen LogP contribution in [0.2, 0.25) is 0 Å². The second kappa shape index (κ2) is 8.29. The van der Waals surface area contributed by atoms with Crippen molar-refractivity contribution in [2.75, 3.05) is 13.7 Å². The number of rotatable bonds is 8. The fourth-order valence-corrected chi connectivity index (χ4v) is 2.32. The summed E-state index contributed by atoms with van der Waals surface area (Å²) in [6.45, 7) is -0.300. The van der Waals surface area contributed by atoms with Crippen molar-refractivity contribution in [2.24, 2.45) is 5.73 Å². The van der Waals surface area contributed by atoms with E-state index in [-0.39, 0.29) is 24.3 Å². The van der Waals surface area contributed by atoms with E-state index < -0.39 is 17.6 Å². The molecule has 2 aromatic rings. The van der Waals surface area contributed by atoms with Gasteiger partial charge in [-0.05, 0) is 18.2 Å². The van der Waals surface area contributed by atoms with Crippen molar-refractivity contribution in [3.05, 3.63) is 53.9 Å². The smallest absolute Gasteiger partial charge is 0.337 e. The van der Waals surface area contributed by atoms with Crippen molar-refractivity contribution >= 4 is 5.97 Å². The number of ether oxygens (including phenoxy) is 2. The Bertz CT molecular complexity index is 820. The van der Waals surface area contributed by atoms with Gasteiger partial charge >= 0.3 is 5.97 Å². The van der Waals surface area contributed by atoms with Gasteiger partial charge in [-0.1, -0.05) is 12.1 Å². The molecule has 0 bridgehead atoms. The van der Waals surface area contributed by atoms with Crippen LogP contribution in [0.25, 0.3) is 0 Å². The van der Waals surface area contributed by atoms with E-state index in [0.29, 0.717) is 11.4 Å². The Morgan fingerprint density at radius 1 is 1.42 bits per heavy atom. The van der Waals surface area contributed by atoms with Crippen LogP contribution in [-0.2, 0) is 11.2 Å². The molecular formula is C18H19N3O5. The summed E-state index contributed by atoms with van der Waals surface area (Å²) in [6, 6.07) is 10.3. The van der Waals surface area contributed by atoms with Crippen LogP contribution < -0.4 is 15.2 Å². The lowest BCUT2D eigenvalue weighted by molar-refractivity contribution is -0.161. The molecule has 0 saturated heterocycles. The Balaban J connectivity index is 2.16. The Morgan fingerprint density at radius 2 is 2.15 bits per heavy atom. The van der Waals surface area contributed by atoms with E-state index in [9.17, 15) is 15.0 Å². The summed E-state index contributed by atoms with van der Waals surface area (Å²) in [7, 11) is 1.47. The molecule has 0 aliphatic rings. The number of hydrogen-bond donors (Lipinski definition) is 3. The summed E-state index contributed by atoms with van der Waals surface area (Å²) >= 11 is 0. The van der Waals surface area contributed by atoms with Crippen LogP contribution in [0.1, 0.15) is 11.3 Å². The van der Waals surface area contributed by atoms with Crippen molar-refractivity contribution in [1.29, 1.82) is 5.26 Å². The van der Waals surface area contributed by atoms with E-state index >= 15 is 0 Å². The van der Waals surface area contributed by atoms with Gasteiger partial charge in [0.15, 0.2) is 5.60 Å². The van der Waals surface area contributed by atoms with Crippen LogP contribution >= 0.6 is 0 Å². The molecule has 1 heterocycles. The average Bonchev–Trinajstić information content (AvgIpc) is 2.66.